The second-order valence-corrected chi connectivity index (χ2v) is 15.5. The van der Waals surface area contributed by atoms with Crippen molar-refractivity contribution in [3.8, 4) is 56.4 Å². The molecule has 0 bridgehead atoms. The third kappa shape index (κ3) is 4.37. The van der Waals surface area contributed by atoms with Crippen molar-refractivity contribution in [3.05, 3.63) is 204 Å². The lowest BCUT2D eigenvalue weighted by Gasteiger charge is -2.39. The van der Waals surface area contributed by atoms with Gasteiger partial charge in [0.2, 0.25) is 0 Å². The topological polar surface area (TPSA) is 35.0 Å². The highest BCUT2D eigenvalue weighted by atomic mass is 32.1. The summed E-state index contributed by atoms with van der Waals surface area (Å²) >= 11 is 1.77. The average Bonchev–Trinajstić information content (AvgIpc) is 3.77. The van der Waals surface area contributed by atoms with E-state index in [9.17, 15) is 0 Å². The van der Waals surface area contributed by atoms with E-state index < -0.39 is 5.41 Å². The van der Waals surface area contributed by atoms with Gasteiger partial charge in [-0.1, -0.05) is 146 Å². The molecule has 3 nitrogen and oxygen atoms in total. The highest BCUT2D eigenvalue weighted by Crippen LogP contribution is 2.62. The molecule has 12 rings (SSSR count). The summed E-state index contributed by atoms with van der Waals surface area (Å²) in [5, 5.41) is 3.54. The summed E-state index contributed by atoms with van der Waals surface area (Å²) in [4.78, 5) is 10.6. The van der Waals surface area contributed by atoms with Crippen molar-refractivity contribution in [2.75, 3.05) is 0 Å². The van der Waals surface area contributed by atoms with Crippen LogP contribution in [-0.2, 0) is 5.41 Å². The molecule has 1 spiro atoms. The molecule has 0 atom stereocenters. The molecule has 10 aromatic rings. The number of hydrogen-bond donors (Lipinski definition) is 0. The van der Waals surface area contributed by atoms with E-state index in [4.69, 9.17) is 14.7 Å². The van der Waals surface area contributed by atoms with Crippen LogP contribution in [0.15, 0.2) is 182 Å². The summed E-state index contributed by atoms with van der Waals surface area (Å²) in [7, 11) is 0. The molecule has 2 aromatic heterocycles. The number of fused-ring (bicyclic) bond motifs is 13. The van der Waals surface area contributed by atoms with Crippen molar-refractivity contribution in [2.24, 2.45) is 0 Å². The molecule has 0 saturated carbocycles. The van der Waals surface area contributed by atoms with Crippen LogP contribution < -0.4 is 4.74 Å². The maximum Gasteiger partial charge on any atom is 0.160 e. The molecule has 2 aliphatic rings. The predicted octanol–water partition coefficient (Wildman–Crippen LogP) is 13.5. The van der Waals surface area contributed by atoms with Gasteiger partial charge in [0.05, 0.1) is 21.3 Å². The van der Waals surface area contributed by atoms with Crippen LogP contribution in [0.25, 0.3) is 76.0 Å². The smallest absolute Gasteiger partial charge is 0.160 e. The second-order valence-electron chi connectivity index (χ2n) is 14.5. The molecule has 0 amide bonds. The maximum atomic E-state index is 6.54. The van der Waals surface area contributed by atoms with E-state index in [0.717, 1.165) is 60.9 Å². The minimum atomic E-state index is -0.482. The normalized spacial score (nSPS) is 13.4. The second kappa shape index (κ2) is 11.6. The highest BCUT2D eigenvalue weighted by molar-refractivity contribution is 7.26. The zero-order valence-corrected chi connectivity index (χ0v) is 30.3. The molecule has 0 saturated heterocycles. The first-order valence-electron chi connectivity index (χ1n) is 18.6. The first-order valence-corrected chi connectivity index (χ1v) is 19.5. The molecule has 8 aromatic carbocycles. The lowest BCUT2D eigenvalue weighted by molar-refractivity contribution is 0.436. The summed E-state index contributed by atoms with van der Waals surface area (Å²) < 4.78 is 8.85. The zero-order valence-electron chi connectivity index (χ0n) is 29.5. The van der Waals surface area contributed by atoms with Gasteiger partial charge in [-0.2, -0.15) is 0 Å². The van der Waals surface area contributed by atoms with Gasteiger partial charge >= 0.3 is 0 Å². The number of hydrogen-bond acceptors (Lipinski definition) is 4. The number of nitrogens with zero attached hydrogens (tertiary/aromatic N) is 2. The van der Waals surface area contributed by atoms with Crippen molar-refractivity contribution < 1.29 is 4.74 Å². The first-order chi connectivity index (χ1) is 27.2. The summed E-state index contributed by atoms with van der Waals surface area (Å²) in [5.41, 5.74) is 13.3. The third-order valence-electron chi connectivity index (χ3n) is 11.5. The summed E-state index contributed by atoms with van der Waals surface area (Å²) in [6.45, 7) is 0. The standard InChI is InChI=1S/C51H30N2OS/c1-2-13-32-29-36(25-24-31(32)12-1)50-52-47(49-48(53-50)38-17-4-10-23-46(38)55-49)35-15-11-14-33(28-35)34-26-27-41-39(30-34)37-16-3-5-18-40(37)51(41)42-19-6-8-21-44(42)54-45-22-9-7-20-43(45)51/h1-30H. The molecule has 0 N–H and O–H groups in total. The van der Waals surface area contributed by atoms with Crippen LogP contribution >= 0.6 is 11.3 Å². The Morgan fingerprint density at radius 1 is 0.436 bits per heavy atom. The fourth-order valence-corrected chi connectivity index (χ4v) is 10.3. The summed E-state index contributed by atoms with van der Waals surface area (Å²) in [6.07, 6.45) is 0. The molecule has 1 aliphatic heterocycles. The van der Waals surface area contributed by atoms with Gasteiger partial charge in [0, 0.05) is 32.3 Å². The van der Waals surface area contributed by atoms with Gasteiger partial charge in [0.15, 0.2) is 5.82 Å². The number of rotatable bonds is 3. The van der Waals surface area contributed by atoms with E-state index in [0.29, 0.717) is 0 Å². The van der Waals surface area contributed by atoms with Crippen molar-refractivity contribution in [1.82, 2.24) is 9.97 Å². The number of para-hydroxylation sites is 2. The monoisotopic (exact) mass is 718 g/mol. The van der Waals surface area contributed by atoms with Crippen LogP contribution in [-0.4, -0.2) is 9.97 Å². The average molecular weight is 719 g/mol. The number of aromatic nitrogens is 2. The first kappa shape index (κ1) is 30.6. The highest BCUT2D eigenvalue weighted by Gasteiger charge is 2.50. The van der Waals surface area contributed by atoms with E-state index >= 15 is 0 Å². The molecular formula is C51H30N2OS. The fraction of sp³-hybridized carbons (Fsp3) is 0.0196. The molecular weight excluding hydrogens is 689 g/mol. The Morgan fingerprint density at radius 3 is 1.95 bits per heavy atom. The van der Waals surface area contributed by atoms with Crippen molar-refractivity contribution in [3.63, 3.8) is 0 Å². The van der Waals surface area contributed by atoms with E-state index in [-0.39, 0.29) is 0 Å². The van der Waals surface area contributed by atoms with Crippen LogP contribution in [0.5, 0.6) is 11.5 Å². The molecule has 3 heterocycles. The van der Waals surface area contributed by atoms with Gasteiger partial charge < -0.3 is 4.74 Å². The lowest BCUT2D eigenvalue weighted by atomic mass is 9.66. The summed E-state index contributed by atoms with van der Waals surface area (Å²) in [5.74, 6) is 2.54. The molecule has 0 fully saturated rings. The molecule has 55 heavy (non-hydrogen) atoms. The Bertz CT molecular complexity index is 3170. The number of benzene rings is 8. The van der Waals surface area contributed by atoms with E-state index in [2.05, 4.69) is 182 Å². The van der Waals surface area contributed by atoms with Gasteiger partial charge in [0.25, 0.3) is 0 Å². The van der Waals surface area contributed by atoms with E-state index in [1.807, 2.05) is 0 Å². The fourth-order valence-electron chi connectivity index (χ4n) is 9.13. The quantitative estimate of drug-likeness (QED) is 0.182. The molecule has 4 heteroatoms. The number of thiophene rings is 1. The Balaban J connectivity index is 1.05. The minimum Gasteiger partial charge on any atom is -0.457 e. The molecule has 256 valence electrons. The minimum absolute atomic E-state index is 0.482. The SMILES string of the molecule is c1cc(-c2ccc3c(c2)-c2ccccc2C32c3ccccc3Oc3ccccc32)cc(-c2nc(-c3ccc4ccccc4c3)nc3c2sc2ccccc23)c1. The maximum absolute atomic E-state index is 6.54. The third-order valence-corrected chi connectivity index (χ3v) is 12.7. The van der Waals surface area contributed by atoms with Gasteiger partial charge in [-0.15, -0.1) is 11.3 Å². The van der Waals surface area contributed by atoms with Crippen molar-refractivity contribution >= 4 is 42.4 Å². The van der Waals surface area contributed by atoms with Crippen LogP contribution in [0.4, 0.5) is 0 Å². The van der Waals surface area contributed by atoms with Crippen LogP contribution in [0.2, 0.25) is 0 Å². The lowest BCUT2D eigenvalue weighted by Crippen LogP contribution is -2.32. The zero-order chi connectivity index (χ0) is 36.1. The Labute approximate surface area is 321 Å². The van der Waals surface area contributed by atoms with Crippen LogP contribution in [0, 0.1) is 0 Å². The Kier molecular flexibility index (Phi) is 6.42. The molecule has 0 radical (unpaired) electrons. The van der Waals surface area contributed by atoms with Gasteiger partial charge in [-0.05, 0) is 80.6 Å². The van der Waals surface area contributed by atoms with Crippen molar-refractivity contribution in [2.45, 2.75) is 5.41 Å². The van der Waals surface area contributed by atoms with Gasteiger partial charge in [-0.3, -0.25) is 0 Å². The van der Waals surface area contributed by atoms with Crippen LogP contribution in [0.1, 0.15) is 22.3 Å². The van der Waals surface area contributed by atoms with Gasteiger partial charge in [-0.25, -0.2) is 9.97 Å². The molecule has 0 unspecified atom stereocenters. The summed E-state index contributed by atoms with van der Waals surface area (Å²) in [6, 6.07) is 65.4. The van der Waals surface area contributed by atoms with E-state index in [1.165, 1.54) is 48.9 Å². The Morgan fingerprint density at radius 2 is 1.09 bits per heavy atom. The van der Waals surface area contributed by atoms with Crippen molar-refractivity contribution in [1.29, 1.82) is 0 Å². The predicted molar refractivity (Wildman–Crippen MR) is 226 cm³/mol. The van der Waals surface area contributed by atoms with E-state index in [1.54, 1.807) is 11.3 Å². The molecule has 1 aliphatic carbocycles. The Hall–Kier alpha value is -6.88. The van der Waals surface area contributed by atoms with Gasteiger partial charge in [0.1, 0.15) is 11.5 Å². The number of ether oxygens (including phenoxy) is 1. The van der Waals surface area contributed by atoms with Crippen LogP contribution in [0.3, 0.4) is 0 Å². The largest absolute Gasteiger partial charge is 0.457 e.